The average Bonchev–Trinajstić information content (AvgIpc) is 3.22. The summed E-state index contributed by atoms with van der Waals surface area (Å²) in [6.07, 6.45) is 6.25. The van der Waals surface area contributed by atoms with Gasteiger partial charge < -0.3 is 14.2 Å². The number of hydrogen-bond donors (Lipinski definition) is 0. The SMILES string of the molecule is COC(=O)[C@@H]1O[C@@]1(C)CC/C=C(\C)CC[C@@H]1OC1(C)C. The summed E-state index contributed by atoms with van der Waals surface area (Å²) in [5.41, 5.74) is 1.14. The third kappa shape index (κ3) is 3.61. The number of allylic oxidation sites excluding steroid dienone is 2. The van der Waals surface area contributed by atoms with Crippen LogP contribution in [0.3, 0.4) is 0 Å². The standard InChI is InChI=1S/C16H26O4/c1-11(8-9-12-15(2,3)19-12)7-6-10-16(4)13(20-16)14(17)18-5/h7,12-13H,6,8-10H2,1-5H3/b11-7+/t12-,13-,16-/m0/s1. The van der Waals surface area contributed by atoms with Gasteiger partial charge in [0, 0.05) is 0 Å². The Labute approximate surface area is 121 Å². The minimum atomic E-state index is -0.373. The van der Waals surface area contributed by atoms with Gasteiger partial charge in [-0.1, -0.05) is 11.6 Å². The van der Waals surface area contributed by atoms with Crippen molar-refractivity contribution in [3.8, 4) is 0 Å². The molecule has 0 spiro atoms. The van der Waals surface area contributed by atoms with Gasteiger partial charge in [0.05, 0.1) is 18.8 Å². The molecule has 20 heavy (non-hydrogen) atoms. The molecule has 0 unspecified atom stereocenters. The van der Waals surface area contributed by atoms with E-state index in [9.17, 15) is 4.79 Å². The van der Waals surface area contributed by atoms with Gasteiger partial charge in [-0.3, -0.25) is 0 Å². The smallest absolute Gasteiger partial charge is 0.338 e. The number of epoxide rings is 2. The van der Waals surface area contributed by atoms with Gasteiger partial charge in [-0.25, -0.2) is 4.79 Å². The third-order valence-electron chi connectivity index (χ3n) is 4.40. The lowest BCUT2D eigenvalue weighted by Gasteiger charge is -2.05. The number of carbonyl (C=O) groups is 1. The molecule has 0 amide bonds. The zero-order valence-electron chi connectivity index (χ0n) is 13.2. The lowest BCUT2D eigenvalue weighted by Crippen LogP contribution is -2.18. The first-order chi connectivity index (χ1) is 9.28. The Morgan fingerprint density at radius 1 is 1.30 bits per heavy atom. The van der Waals surface area contributed by atoms with E-state index in [-0.39, 0.29) is 23.3 Å². The van der Waals surface area contributed by atoms with E-state index in [2.05, 4.69) is 26.8 Å². The molecule has 2 saturated heterocycles. The molecule has 0 aromatic carbocycles. The molecule has 0 saturated carbocycles. The number of methoxy groups -OCH3 is 1. The molecule has 2 heterocycles. The lowest BCUT2D eigenvalue weighted by atomic mass is 9.99. The normalized spacial score (nSPS) is 34.8. The molecule has 0 N–H and O–H groups in total. The second-order valence-electron chi connectivity index (χ2n) is 6.67. The second-order valence-corrected chi connectivity index (χ2v) is 6.67. The first-order valence-corrected chi connectivity index (χ1v) is 7.37. The molecule has 114 valence electrons. The predicted octanol–water partition coefficient (Wildman–Crippen LogP) is 3.00. The van der Waals surface area contributed by atoms with Crippen molar-refractivity contribution in [2.75, 3.05) is 7.11 Å². The summed E-state index contributed by atoms with van der Waals surface area (Å²) >= 11 is 0. The van der Waals surface area contributed by atoms with Crippen LogP contribution < -0.4 is 0 Å². The molecule has 0 bridgehead atoms. The van der Waals surface area contributed by atoms with E-state index in [4.69, 9.17) is 14.2 Å². The van der Waals surface area contributed by atoms with Crippen molar-refractivity contribution in [3.63, 3.8) is 0 Å². The Bertz CT molecular complexity index is 413. The van der Waals surface area contributed by atoms with Crippen molar-refractivity contribution in [2.45, 2.75) is 76.8 Å². The fraction of sp³-hybridized carbons (Fsp3) is 0.812. The van der Waals surface area contributed by atoms with Gasteiger partial charge >= 0.3 is 5.97 Å². The molecular formula is C16H26O4. The molecule has 2 aliphatic heterocycles. The van der Waals surface area contributed by atoms with Crippen molar-refractivity contribution < 1.29 is 19.0 Å². The van der Waals surface area contributed by atoms with Crippen molar-refractivity contribution >= 4 is 5.97 Å². The first-order valence-electron chi connectivity index (χ1n) is 7.37. The highest BCUT2D eigenvalue weighted by Crippen LogP contribution is 2.41. The zero-order chi connectivity index (χ0) is 15.0. The van der Waals surface area contributed by atoms with Crippen LogP contribution in [-0.4, -0.2) is 36.5 Å². The van der Waals surface area contributed by atoms with Crippen LogP contribution in [0.1, 0.15) is 53.4 Å². The minimum Gasteiger partial charge on any atom is -0.467 e. The molecule has 0 radical (unpaired) electrons. The highest BCUT2D eigenvalue weighted by atomic mass is 16.6. The van der Waals surface area contributed by atoms with Crippen LogP contribution in [0.25, 0.3) is 0 Å². The molecule has 0 aromatic rings. The summed E-state index contributed by atoms with van der Waals surface area (Å²) in [7, 11) is 1.40. The van der Waals surface area contributed by atoms with Gasteiger partial charge in [-0.15, -0.1) is 0 Å². The van der Waals surface area contributed by atoms with Crippen LogP contribution in [0.4, 0.5) is 0 Å². The van der Waals surface area contributed by atoms with Crippen LogP contribution in [0, 0.1) is 0 Å². The summed E-state index contributed by atoms with van der Waals surface area (Å²) in [5, 5.41) is 0. The Kier molecular flexibility index (Phi) is 4.26. The van der Waals surface area contributed by atoms with Crippen LogP contribution in [0.2, 0.25) is 0 Å². The van der Waals surface area contributed by atoms with Gasteiger partial charge in [-0.05, 0) is 53.4 Å². The summed E-state index contributed by atoms with van der Waals surface area (Å²) < 4.78 is 15.7. The van der Waals surface area contributed by atoms with E-state index in [1.54, 1.807) is 0 Å². The maximum Gasteiger partial charge on any atom is 0.338 e. The van der Waals surface area contributed by atoms with Gasteiger partial charge in [0.2, 0.25) is 0 Å². The Morgan fingerprint density at radius 2 is 1.95 bits per heavy atom. The first kappa shape index (κ1) is 15.5. The second kappa shape index (κ2) is 5.49. The maximum atomic E-state index is 11.4. The molecule has 2 fully saturated rings. The number of rotatable bonds is 7. The highest BCUT2D eigenvalue weighted by molar-refractivity contribution is 5.79. The molecule has 0 aromatic heterocycles. The van der Waals surface area contributed by atoms with Crippen LogP contribution >= 0.6 is 0 Å². The fourth-order valence-electron chi connectivity index (χ4n) is 2.63. The van der Waals surface area contributed by atoms with Gasteiger partial charge in [0.15, 0.2) is 6.10 Å². The summed E-state index contributed by atoms with van der Waals surface area (Å²) in [6.45, 7) is 8.39. The molecular weight excluding hydrogens is 256 g/mol. The van der Waals surface area contributed by atoms with Gasteiger partial charge in [0.25, 0.3) is 0 Å². The van der Waals surface area contributed by atoms with Crippen LogP contribution in [0.5, 0.6) is 0 Å². The van der Waals surface area contributed by atoms with E-state index in [1.807, 2.05) is 6.92 Å². The number of ether oxygens (including phenoxy) is 3. The average molecular weight is 282 g/mol. The Balaban J connectivity index is 1.65. The zero-order valence-corrected chi connectivity index (χ0v) is 13.2. The summed E-state index contributed by atoms with van der Waals surface area (Å²) in [6, 6.07) is 0. The summed E-state index contributed by atoms with van der Waals surface area (Å²) in [4.78, 5) is 11.4. The maximum absolute atomic E-state index is 11.4. The Hall–Kier alpha value is -0.870. The topological polar surface area (TPSA) is 51.4 Å². The lowest BCUT2D eigenvalue weighted by molar-refractivity contribution is -0.142. The van der Waals surface area contributed by atoms with Crippen molar-refractivity contribution in [1.29, 1.82) is 0 Å². The molecule has 4 heteroatoms. The number of esters is 1. The summed E-state index contributed by atoms with van der Waals surface area (Å²) in [5.74, 6) is -0.263. The Morgan fingerprint density at radius 3 is 2.50 bits per heavy atom. The van der Waals surface area contributed by atoms with E-state index in [0.29, 0.717) is 6.10 Å². The van der Waals surface area contributed by atoms with E-state index < -0.39 is 0 Å². The monoisotopic (exact) mass is 282 g/mol. The predicted molar refractivity (Wildman–Crippen MR) is 76.5 cm³/mol. The van der Waals surface area contributed by atoms with Crippen molar-refractivity contribution in [3.05, 3.63) is 11.6 Å². The minimum absolute atomic E-state index is 0.0867. The quantitative estimate of drug-likeness (QED) is 0.409. The van der Waals surface area contributed by atoms with Crippen molar-refractivity contribution in [2.24, 2.45) is 0 Å². The number of hydrogen-bond acceptors (Lipinski definition) is 4. The molecule has 0 aliphatic carbocycles. The molecule has 2 aliphatic rings. The van der Waals surface area contributed by atoms with E-state index >= 15 is 0 Å². The third-order valence-corrected chi connectivity index (χ3v) is 4.40. The fourth-order valence-corrected chi connectivity index (χ4v) is 2.63. The largest absolute Gasteiger partial charge is 0.467 e. The van der Waals surface area contributed by atoms with Crippen LogP contribution in [-0.2, 0) is 19.0 Å². The molecule has 2 rings (SSSR count). The van der Waals surface area contributed by atoms with Gasteiger partial charge in [0.1, 0.15) is 5.60 Å². The number of carbonyl (C=O) groups excluding carboxylic acids is 1. The highest BCUT2D eigenvalue weighted by Gasteiger charge is 2.57. The molecule has 3 atom stereocenters. The van der Waals surface area contributed by atoms with Crippen molar-refractivity contribution in [1.82, 2.24) is 0 Å². The molecule has 4 nitrogen and oxygen atoms in total. The van der Waals surface area contributed by atoms with E-state index in [1.165, 1.54) is 12.7 Å². The van der Waals surface area contributed by atoms with Crippen LogP contribution in [0.15, 0.2) is 11.6 Å². The van der Waals surface area contributed by atoms with E-state index in [0.717, 1.165) is 25.7 Å². The van der Waals surface area contributed by atoms with Gasteiger partial charge in [-0.2, -0.15) is 0 Å².